The molecule has 1 aromatic heterocycles. The molecule has 4 rings (SSSR count). The lowest BCUT2D eigenvalue weighted by Crippen LogP contribution is -2.27. The van der Waals surface area contributed by atoms with Crippen molar-refractivity contribution < 1.29 is 9.18 Å². The Kier molecular flexibility index (Phi) is 8.79. The summed E-state index contributed by atoms with van der Waals surface area (Å²) in [5, 5.41) is 9.52. The molecule has 11 heteroatoms. The zero-order valence-corrected chi connectivity index (χ0v) is 22.0. The van der Waals surface area contributed by atoms with Crippen LogP contribution in [-0.4, -0.2) is 40.8 Å². The van der Waals surface area contributed by atoms with Crippen molar-refractivity contribution >= 4 is 84.6 Å². The zero-order chi connectivity index (χ0) is 25.5. The molecule has 0 spiro atoms. The lowest BCUT2D eigenvalue weighted by atomic mass is 10.2. The van der Waals surface area contributed by atoms with Crippen LogP contribution >= 0.6 is 39.1 Å². The van der Waals surface area contributed by atoms with E-state index in [1.165, 1.54) is 12.4 Å². The maximum atomic E-state index is 13.6. The molecular formula is C25H22BrCl2FN6O. The van der Waals surface area contributed by atoms with Gasteiger partial charge < -0.3 is 20.9 Å². The molecule has 4 aromatic rings. The van der Waals surface area contributed by atoms with E-state index in [0.29, 0.717) is 63.1 Å². The molecule has 7 nitrogen and oxygen atoms in total. The standard InChI is InChI=1S/C25H22BrCl2FN6O/c26-21-14-18(3-7-22(21)29)32-24-20-13-17(4-8-23(20)30-15-31-24)34-25(36)33-16-1-5-19(6-2-16)35(11-9-27)12-10-28/h1-8,13-15H,9-12H2,(H,30,31,32)(H2,33,34,36). The Balaban J connectivity index is 1.46. The molecule has 0 unspecified atom stereocenters. The van der Waals surface area contributed by atoms with Crippen molar-refractivity contribution in [2.45, 2.75) is 0 Å². The third-order valence-electron chi connectivity index (χ3n) is 5.27. The van der Waals surface area contributed by atoms with Crippen molar-refractivity contribution in [3.8, 4) is 0 Å². The number of carbonyl (C=O) groups is 1. The van der Waals surface area contributed by atoms with Crippen LogP contribution in [0.5, 0.6) is 0 Å². The maximum Gasteiger partial charge on any atom is 0.323 e. The second kappa shape index (κ2) is 12.2. The molecule has 0 radical (unpaired) electrons. The Labute approximate surface area is 226 Å². The smallest absolute Gasteiger partial charge is 0.323 e. The highest BCUT2D eigenvalue weighted by Crippen LogP contribution is 2.28. The van der Waals surface area contributed by atoms with Crippen molar-refractivity contribution in [1.29, 1.82) is 0 Å². The van der Waals surface area contributed by atoms with E-state index in [2.05, 4.69) is 46.7 Å². The third-order valence-corrected chi connectivity index (χ3v) is 6.22. The van der Waals surface area contributed by atoms with Gasteiger partial charge in [-0.15, -0.1) is 23.2 Å². The third kappa shape index (κ3) is 6.54. The van der Waals surface area contributed by atoms with Gasteiger partial charge in [-0.2, -0.15) is 0 Å². The van der Waals surface area contributed by atoms with Gasteiger partial charge in [-0.1, -0.05) is 0 Å². The minimum Gasteiger partial charge on any atom is -0.369 e. The number of anilines is 5. The number of nitrogens with one attached hydrogen (secondary N) is 3. The molecule has 0 atom stereocenters. The predicted molar refractivity (Wildman–Crippen MR) is 150 cm³/mol. The van der Waals surface area contributed by atoms with Crippen LogP contribution in [-0.2, 0) is 0 Å². The number of halogens is 4. The molecule has 3 N–H and O–H groups in total. The number of amides is 2. The molecule has 36 heavy (non-hydrogen) atoms. The summed E-state index contributed by atoms with van der Waals surface area (Å²) in [6.45, 7) is 1.37. The molecule has 0 bridgehead atoms. The quantitative estimate of drug-likeness (QED) is 0.179. The Morgan fingerprint density at radius 1 is 0.889 bits per heavy atom. The molecule has 2 amide bonds. The largest absolute Gasteiger partial charge is 0.369 e. The van der Waals surface area contributed by atoms with E-state index < -0.39 is 6.03 Å². The van der Waals surface area contributed by atoms with Crippen LogP contribution < -0.4 is 20.9 Å². The molecule has 0 aliphatic heterocycles. The lowest BCUT2D eigenvalue weighted by Gasteiger charge is -2.23. The summed E-state index contributed by atoms with van der Waals surface area (Å²) < 4.78 is 13.9. The van der Waals surface area contributed by atoms with Gasteiger partial charge in [0.25, 0.3) is 0 Å². The molecule has 0 aliphatic carbocycles. The number of rotatable bonds is 9. The number of urea groups is 1. The van der Waals surface area contributed by atoms with Gasteiger partial charge in [0, 0.05) is 53.0 Å². The fourth-order valence-electron chi connectivity index (χ4n) is 3.57. The average molecular weight is 592 g/mol. The minimum atomic E-state index is -0.394. The van der Waals surface area contributed by atoms with Crippen LogP contribution in [0.3, 0.4) is 0 Å². The van der Waals surface area contributed by atoms with E-state index in [1.807, 2.05) is 24.3 Å². The average Bonchev–Trinajstić information content (AvgIpc) is 2.87. The Hall–Kier alpha value is -3.14. The number of fused-ring (bicyclic) bond motifs is 1. The van der Waals surface area contributed by atoms with Gasteiger partial charge in [0.1, 0.15) is 18.0 Å². The highest BCUT2D eigenvalue weighted by molar-refractivity contribution is 9.10. The highest BCUT2D eigenvalue weighted by atomic mass is 79.9. The number of nitrogens with zero attached hydrogens (tertiary/aromatic N) is 3. The summed E-state index contributed by atoms with van der Waals surface area (Å²) in [5.41, 5.74) is 3.52. The first-order valence-electron chi connectivity index (χ1n) is 11.0. The van der Waals surface area contributed by atoms with E-state index in [0.717, 1.165) is 5.69 Å². The number of hydrogen-bond acceptors (Lipinski definition) is 5. The van der Waals surface area contributed by atoms with Gasteiger partial charge in [-0.25, -0.2) is 19.2 Å². The fourth-order valence-corrected chi connectivity index (χ4v) is 4.35. The summed E-state index contributed by atoms with van der Waals surface area (Å²) in [6, 6.07) is 17.0. The van der Waals surface area contributed by atoms with E-state index in [9.17, 15) is 9.18 Å². The van der Waals surface area contributed by atoms with Gasteiger partial charge in [-0.05, 0) is 76.6 Å². The summed E-state index contributed by atoms with van der Waals surface area (Å²) >= 11 is 14.9. The van der Waals surface area contributed by atoms with Crippen LogP contribution in [0, 0.1) is 5.82 Å². The summed E-state index contributed by atoms with van der Waals surface area (Å²) in [6.07, 6.45) is 1.44. The monoisotopic (exact) mass is 590 g/mol. The first kappa shape index (κ1) is 25.9. The Morgan fingerprint density at radius 2 is 1.56 bits per heavy atom. The van der Waals surface area contributed by atoms with Crippen LogP contribution in [0.4, 0.5) is 37.8 Å². The van der Waals surface area contributed by atoms with E-state index in [1.54, 1.807) is 30.3 Å². The topological polar surface area (TPSA) is 82.2 Å². The molecule has 3 aromatic carbocycles. The molecule has 0 saturated carbocycles. The molecule has 186 valence electrons. The molecular weight excluding hydrogens is 570 g/mol. The molecule has 0 fully saturated rings. The second-order valence-corrected chi connectivity index (χ2v) is 9.31. The Morgan fingerprint density at radius 3 is 2.25 bits per heavy atom. The van der Waals surface area contributed by atoms with Crippen LogP contribution in [0.15, 0.2) is 71.5 Å². The maximum absolute atomic E-state index is 13.6. The van der Waals surface area contributed by atoms with Crippen molar-refractivity contribution in [2.75, 3.05) is 45.7 Å². The fraction of sp³-hybridized carbons (Fsp3) is 0.160. The zero-order valence-electron chi connectivity index (χ0n) is 18.9. The van der Waals surface area contributed by atoms with Gasteiger partial charge in [0.2, 0.25) is 0 Å². The number of aromatic nitrogens is 2. The number of hydrogen-bond donors (Lipinski definition) is 3. The number of alkyl halides is 2. The van der Waals surface area contributed by atoms with Crippen molar-refractivity contribution in [3.05, 3.63) is 77.3 Å². The van der Waals surface area contributed by atoms with E-state index in [-0.39, 0.29) is 5.82 Å². The Bertz CT molecular complexity index is 1350. The van der Waals surface area contributed by atoms with Gasteiger partial charge in [-0.3, -0.25) is 0 Å². The SMILES string of the molecule is O=C(Nc1ccc(N(CCCl)CCCl)cc1)Nc1ccc2ncnc(Nc3ccc(F)c(Br)c3)c2c1. The summed E-state index contributed by atoms with van der Waals surface area (Å²) in [5.74, 6) is 1.16. The first-order chi connectivity index (χ1) is 17.5. The van der Waals surface area contributed by atoms with Crippen molar-refractivity contribution in [2.24, 2.45) is 0 Å². The second-order valence-electron chi connectivity index (χ2n) is 7.70. The summed E-state index contributed by atoms with van der Waals surface area (Å²) in [7, 11) is 0. The normalized spacial score (nSPS) is 10.8. The minimum absolute atomic E-state index is 0.337. The van der Waals surface area contributed by atoms with Gasteiger partial charge in [0.05, 0.1) is 9.99 Å². The predicted octanol–water partition coefficient (Wildman–Crippen LogP) is 7.20. The molecule has 0 saturated heterocycles. The van der Waals surface area contributed by atoms with E-state index in [4.69, 9.17) is 23.2 Å². The van der Waals surface area contributed by atoms with Crippen molar-refractivity contribution in [3.63, 3.8) is 0 Å². The molecule has 1 heterocycles. The van der Waals surface area contributed by atoms with E-state index >= 15 is 0 Å². The van der Waals surface area contributed by atoms with Crippen LogP contribution in [0.25, 0.3) is 10.9 Å². The number of benzene rings is 3. The van der Waals surface area contributed by atoms with Crippen molar-refractivity contribution in [1.82, 2.24) is 9.97 Å². The first-order valence-corrected chi connectivity index (χ1v) is 12.8. The van der Waals surface area contributed by atoms with Gasteiger partial charge in [0.15, 0.2) is 0 Å². The highest BCUT2D eigenvalue weighted by Gasteiger charge is 2.10. The van der Waals surface area contributed by atoms with Crippen LogP contribution in [0.2, 0.25) is 0 Å². The molecule has 0 aliphatic rings. The summed E-state index contributed by atoms with van der Waals surface area (Å²) in [4.78, 5) is 23.3. The van der Waals surface area contributed by atoms with Gasteiger partial charge >= 0.3 is 6.03 Å². The number of carbonyl (C=O) groups excluding carboxylic acids is 1. The van der Waals surface area contributed by atoms with Crippen LogP contribution in [0.1, 0.15) is 0 Å². The lowest BCUT2D eigenvalue weighted by molar-refractivity contribution is 0.262.